The Balaban J connectivity index is 2.01. The van der Waals surface area contributed by atoms with Crippen molar-refractivity contribution in [3.8, 4) is 0 Å². The molecule has 0 aromatic heterocycles. The number of halogens is 2. The second-order valence-electron chi connectivity index (χ2n) is 7.86. The highest BCUT2D eigenvalue weighted by Crippen LogP contribution is 2.55. The van der Waals surface area contributed by atoms with Gasteiger partial charge in [-0.3, -0.25) is 9.79 Å². The molecule has 0 aliphatic carbocycles. The number of amidine groups is 1. The monoisotopic (exact) mass is 442 g/mol. The summed E-state index contributed by atoms with van der Waals surface area (Å²) in [7, 11) is 0. The van der Waals surface area contributed by atoms with Gasteiger partial charge in [-0.2, -0.15) is 0 Å². The standard InChI is InChI=1S/C23H24Cl2N4O/c1-3-5-13(2)21-23(17-9-8-16(25)11-19(17)27-22(23)30)18(12-20(28-21)29-26)14-6-4-7-15(24)10-14/h4,6-11,18,21H,2-3,5,12,26H2,1H3,(H,27,30)(H,28,29). The molecule has 156 valence electrons. The van der Waals surface area contributed by atoms with Crippen LogP contribution >= 0.6 is 23.2 Å². The average molecular weight is 443 g/mol. The zero-order chi connectivity index (χ0) is 21.5. The second-order valence-corrected chi connectivity index (χ2v) is 8.73. The van der Waals surface area contributed by atoms with E-state index in [0.29, 0.717) is 28.0 Å². The maximum atomic E-state index is 13.8. The number of nitrogens with zero attached hydrogens (tertiary/aromatic N) is 1. The third-order valence-electron chi connectivity index (χ3n) is 6.09. The summed E-state index contributed by atoms with van der Waals surface area (Å²) in [6, 6.07) is 12.7. The molecule has 5 nitrogen and oxygen atoms in total. The molecule has 3 unspecified atom stereocenters. The van der Waals surface area contributed by atoms with Crippen LogP contribution in [0.3, 0.4) is 0 Å². The van der Waals surface area contributed by atoms with E-state index < -0.39 is 11.5 Å². The summed E-state index contributed by atoms with van der Waals surface area (Å²) >= 11 is 12.6. The minimum Gasteiger partial charge on any atom is -0.325 e. The van der Waals surface area contributed by atoms with Crippen molar-refractivity contribution < 1.29 is 4.79 Å². The lowest BCUT2D eigenvalue weighted by atomic mass is 9.59. The molecule has 2 aliphatic heterocycles. The molecule has 1 spiro atoms. The Morgan fingerprint density at radius 3 is 2.77 bits per heavy atom. The van der Waals surface area contributed by atoms with E-state index in [1.165, 1.54) is 0 Å². The van der Waals surface area contributed by atoms with Gasteiger partial charge in [0.05, 0.1) is 6.04 Å². The molecule has 0 radical (unpaired) electrons. The van der Waals surface area contributed by atoms with E-state index in [0.717, 1.165) is 29.5 Å². The van der Waals surface area contributed by atoms with E-state index in [1.54, 1.807) is 6.07 Å². The van der Waals surface area contributed by atoms with Crippen LogP contribution in [0, 0.1) is 0 Å². The van der Waals surface area contributed by atoms with E-state index in [1.807, 2.05) is 36.4 Å². The first-order chi connectivity index (χ1) is 14.4. The normalized spacial score (nSPS) is 24.9. The summed E-state index contributed by atoms with van der Waals surface area (Å²) in [5.74, 6) is 6.09. The van der Waals surface area contributed by atoms with Gasteiger partial charge < -0.3 is 10.7 Å². The molecule has 4 N–H and O–H groups in total. The van der Waals surface area contributed by atoms with Crippen LogP contribution < -0.4 is 16.6 Å². The molecule has 30 heavy (non-hydrogen) atoms. The minimum absolute atomic E-state index is 0.105. The minimum atomic E-state index is -0.961. The summed E-state index contributed by atoms with van der Waals surface area (Å²) in [5, 5.41) is 4.24. The van der Waals surface area contributed by atoms with Crippen molar-refractivity contribution in [2.75, 3.05) is 5.32 Å². The number of aliphatic imine (C=N–C) groups is 1. The molecule has 2 heterocycles. The zero-order valence-corrected chi connectivity index (χ0v) is 18.2. The zero-order valence-electron chi connectivity index (χ0n) is 16.7. The lowest BCUT2D eigenvalue weighted by molar-refractivity contribution is -0.122. The Morgan fingerprint density at radius 1 is 1.30 bits per heavy atom. The largest absolute Gasteiger partial charge is 0.325 e. The van der Waals surface area contributed by atoms with Crippen molar-refractivity contribution in [2.24, 2.45) is 10.8 Å². The smallest absolute Gasteiger partial charge is 0.238 e. The number of nitrogens with two attached hydrogens (primary N) is 1. The number of fused-ring (bicyclic) bond motifs is 2. The number of anilines is 1. The Morgan fingerprint density at radius 2 is 2.07 bits per heavy atom. The first-order valence-electron chi connectivity index (χ1n) is 9.99. The average Bonchev–Trinajstić information content (AvgIpc) is 3.00. The molecule has 3 atom stereocenters. The van der Waals surface area contributed by atoms with E-state index >= 15 is 0 Å². The molecular weight excluding hydrogens is 419 g/mol. The highest BCUT2D eigenvalue weighted by molar-refractivity contribution is 6.31. The van der Waals surface area contributed by atoms with Gasteiger partial charge in [-0.05, 0) is 41.8 Å². The van der Waals surface area contributed by atoms with Crippen LogP contribution in [0.5, 0.6) is 0 Å². The van der Waals surface area contributed by atoms with Crippen LogP contribution in [0.4, 0.5) is 5.69 Å². The van der Waals surface area contributed by atoms with Crippen LogP contribution in [-0.2, 0) is 10.2 Å². The third-order valence-corrected chi connectivity index (χ3v) is 6.56. The van der Waals surface area contributed by atoms with Gasteiger partial charge in [-0.25, -0.2) is 5.84 Å². The fraction of sp³-hybridized carbons (Fsp3) is 0.304. The van der Waals surface area contributed by atoms with Gasteiger partial charge in [0.15, 0.2) is 0 Å². The number of rotatable bonds is 4. The molecule has 2 aliphatic rings. The summed E-state index contributed by atoms with van der Waals surface area (Å²) in [4.78, 5) is 18.6. The highest BCUT2D eigenvalue weighted by atomic mass is 35.5. The fourth-order valence-electron chi connectivity index (χ4n) is 4.87. The van der Waals surface area contributed by atoms with Crippen LogP contribution in [-0.4, -0.2) is 17.8 Å². The molecule has 7 heteroatoms. The van der Waals surface area contributed by atoms with Crippen LogP contribution in [0.2, 0.25) is 10.0 Å². The summed E-state index contributed by atoms with van der Waals surface area (Å²) < 4.78 is 0. The molecule has 0 saturated carbocycles. The maximum absolute atomic E-state index is 13.8. The summed E-state index contributed by atoms with van der Waals surface area (Å²) in [6.07, 6.45) is 2.14. The highest BCUT2D eigenvalue weighted by Gasteiger charge is 2.60. The predicted octanol–water partition coefficient (Wildman–Crippen LogP) is 4.96. The second kappa shape index (κ2) is 8.06. The Hall–Kier alpha value is -2.34. The van der Waals surface area contributed by atoms with Crippen molar-refractivity contribution in [1.82, 2.24) is 5.43 Å². The maximum Gasteiger partial charge on any atom is 0.238 e. The van der Waals surface area contributed by atoms with Crippen molar-refractivity contribution in [3.63, 3.8) is 0 Å². The van der Waals surface area contributed by atoms with Crippen LogP contribution in [0.1, 0.15) is 43.2 Å². The molecule has 1 amide bonds. The van der Waals surface area contributed by atoms with Crippen molar-refractivity contribution >= 4 is 40.6 Å². The lowest BCUT2D eigenvalue weighted by Crippen LogP contribution is -2.55. The van der Waals surface area contributed by atoms with Crippen molar-refractivity contribution in [3.05, 3.63) is 75.8 Å². The van der Waals surface area contributed by atoms with Crippen LogP contribution in [0.25, 0.3) is 0 Å². The Kier molecular flexibility index (Phi) is 5.62. The molecule has 2 aromatic carbocycles. The van der Waals surface area contributed by atoms with Gasteiger partial charge in [0.25, 0.3) is 0 Å². The van der Waals surface area contributed by atoms with Gasteiger partial charge in [0, 0.05) is 28.1 Å². The number of benzene rings is 2. The molecular formula is C23H24Cl2N4O. The van der Waals surface area contributed by atoms with E-state index in [-0.39, 0.29) is 11.8 Å². The Labute approximate surface area is 186 Å². The first-order valence-corrected chi connectivity index (χ1v) is 10.7. The molecule has 0 saturated heterocycles. The number of hydrazine groups is 1. The fourth-order valence-corrected chi connectivity index (χ4v) is 5.24. The van der Waals surface area contributed by atoms with Crippen LogP contribution in [0.15, 0.2) is 59.6 Å². The van der Waals surface area contributed by atoms with Gasteiger partial charge in [-0.1, -0.05) is 66.9 Å². The van der Waals surface area contributed by atoms with Crippen molar-refractivity contribution in [1.29, 1.82) is 0 Å². The number of nitrogens with one attached hydrogen (secondary N) is 2. The number of carbonyl (C=O) groups excluding carboxylic acids is 1. The van der Waals surface area contributed by atoms with E-state index in [9.17, 15) is 4.79 Å². The van der Waals surface area contributed by atoms with E-state index in [4.69, 9.17) is 34.0 Å². The SMILES string of the molecule is C=C(CCC)C1N=C(NN)CC(c2cccc(Cl)c2)C12C(=O)Nc1cc(Cl)ccc12. The molecule has 4 rings (SSSR count). The van der Waals surface area contributed by atoms with Crippen molar-refractivity contribution in [2.45, 2.75) is 43.6 Å². The topological polar surface area (TPSA) is 79.5 Å². The first kappa shape index (κ1) is 20.9. The summed E-state index contributed by atoms with van der Waals surface area (Å²) in [6.45, 7) is 6.41. The Bertz CT molecular complexity index is 1050. The van der Waals surface area contributed by atoms with Gasteiger partial charge in [0.2, 0.25) is 5.91 Å². The lowest BCUT2D eigenvalue weighted by Gasteiger charge is -2.45. The number of amides is 1. The molecule has 0 fully saturated rings. The third kappa shape index (κ3) is 3.22. The van der Waals surface area contributed by atoms with E-state index in [2.05, 4.69) is 24.2 Å². The van der Waals surface area contributed by atoms with Gasteiger partial charge >= 0.3 is 0 Å². The molecule has 2 aromatic rings. The van der Waals surface area contributed by atoms with Gasteiger partial charge in [0.1, 0.15) is 11.3 Å². The molecule has 0 bridgehead atoms. The number of carbonyl (C=O) groups is 1. The predicted molar refractivity (Wildman–Crippen MR) is 123 cm³/mol. The quantitative estimate of drug-likeness (QED) is 0.355. The summed E-state index contributed by atoms with van der Waals surface area (Å²) in [5.41, 5.74) is 5.21. The number of hydrogen-bond acceptors (Lipinski definition) is 4. The number of hydrogen-bond donors (Lipinski definition) is 3. The van der Waals surface area contributed by atoms with Gasteiger partial charge in [-0.15, -0.1) is 0 Å².